The molecule has 47 heavy (non-hydrogen) atoms. The molecule has 0 saturated heterocycles. The van der Waals surface area contributed by atoms with Gasteiger partial charge in [0.1, 0.15) is 5.60 Å². The highest BCUT2D eigenvalue weighted by Crippen LogP contribution is 2.49. The van der Waals surface area contributed by atoms with Crippen LogP contribution in [-0.4, -0.2) is 37.1 Å². The van der Waals surface area contributed by atoms with Gasteiger partial charge < -0.3 is 23.2 Å². The van der Waals surface area contributed by atoms with Gasteiger partial charge in [-0.15, -0.1) is 12.2 Å². The minimum absolute atomic E-state index is 0.345. The Morgan fingerprint density at radius 2 is 1.28 bits per heavy atom. The summed E-state index contributed by atoms with van der Waals surface area (Å²) in [7, 11) is -4.27. The topological polar surface area (TPSA) is 74.2 Å². The lowest BCUT2D eigenvalue weighted by Gasteiger charge is -2.11. The highest BCUT2D eigenvalue weighted by Gasteiger charge is 2.18. The molecule has 0 aliphatic carbocycles. The molecular formula is C38H63ClO6P2. The molecule has 0 amide bonds. The lowest BCUT2D eigenvalue weighted by molar-refractivity contribution is 0.174. The first-order valence-corrected chi connectivity index (χ1v) is 19.9. The van der Waals surface area contributed by atoms with Crippen molar-refractivity contribution in [2.24, 2.45) is 0 Å². The average Bonchev–Trinajstić information content (AvgIpc) is 2.97. The Bertz CT molecular complexity index is 1150. The summed E-state index contributed by atoms with van der Waals surface area (Å²) in [5, 5.41) is 9.52. The van der Waals surface area contributed by atoms with Crippen LogP contribution in [0.3, 0.4) is 0 Å². The van der Waals surface area contributed by atoms with E-state index in [2.05, 4.69) is 71.4 Å². The third-order valence-corrected chi connectivity index (χ3v) is 8.72. The van der Waals surface area contributed by atoms with Gasteiger partial charge in [-0.1, -0.05) is 70.7 Å². The zero-order valence-corrected chi connectivity index (χ0v) is 33.7. The molecule has 0 aliphatic heterocycles. The molecule has 268 valence electrons. The summed E-state index contributed by atoms with van der Waals surface area (Å²) in [6, 6.07) is 0. The first-order chi connectivity index (χ1) is 22.0. The summed E-state index contributed by atoms with van der Waals surface area (Å²) in [6.45, 7) is 25.4. The molecule has 1 atom stereocenters. The maximum Gasteiger partial charge on any atom is 0.361 e. The summed E-state index contributed by atoms with van der Waals surface area (Å²) in [6.07, 6.45) is 25.3. The second kappa shape index (κ2) is 31.5. The standard InChI is InChI=1S/C19H31O3P.C15H22O.C4H10ClO2P/c1-7-21-23(20,22-8-2)16-15-19(6)14-10-13-18(5)12-9-11-17(3)4;1-6-15(5,16)12-8-11-14(4)10-7-9-13(2)3;1-3-6-8(5)7-4-2/h10-11,13-14,16H,7-9,12H2,1-6H3;1,8-9,11-12,16H,7,10H2,2-5H3;3-4H2,1-2H3/b14-10+,18-13+;12-8+,14-11+;. The van der Waals surface area contributed by atoms with E-state index in [9.17, 15) is 9.67 Å². The van der Waals surface area contributed by atoms with Crippen molar-refractivity contribution in [1.29, 1.82) is 0 Å². The molecule has 0 spiro atoms. The van der Waals surface area contributed by atoms with E-state index in [0.29, 0.717) is 26.4 Å². The monoisotopic (exact) mass is 712 g/mol. The van der Waals surface area contributed by atoms with E-state index in [1.807, 2.05) is 45.1 Å². The zero-order valence-electron chi connectivity index (χ0n) is 31.2. The van der Waals surface area contributed by atoms with Crippen LogP contribution in [-0.2, 0) is 22.7 Å². The van der Waals surface area contributed by atoms with Crippen molar-refractivity contribution < 1.29 is 27.8 Å². The Hall–Kier alpha value is -1.73. The van der Waals surface area contributed by atoms with E-state index in [0.717, 1.165) is 31.3 Å². The average molecular weight is 713 g/mol. The predicted octanol–water partition coefficient (Wildman–Crippen LogP) is 12.7. The van der Waals surface area contributed by atoms with Crippen LogP contribution in [0.25, 0.3) is 0 Å². The largest absolute Gasteiger partial charge is 0.374 e. The van der Waals surface area contributed by atoms with Gasteiger partial charge in [0.2, 0.25) is 0 Å². The quantitative estimate of drug-likeness (QED) is 0.0472. The molecule has 0 radical (unpaired) electrons. The minimum atomic E-state index is -3.16. The van der Waals surface area contributed by atoms with Crippen LogP contribution >= 0.6 is 26.6 Å². The first kappa shape index (κ1) is 49.7. The molecule has 1 N–H and O–H groups in total. The number of rotatable bonds is 19. The van der Waals surface area contributed by atoms with Gasteiger partial charge >= 0.3 is 7.60 Å². The van der Waals surface area contributed by atoms with Crippen LogP contribution in [0.4, 0.5) is 0 Å². The summed E-state index contributed by atoms with van der Waals surface area (Å²) < 4.78 is 32.4. The maximum atomic E-state index is 12.3. The third kappa shape index (κ3) is 36.9. The minimum Gasteiger partial charge on any atom is -0.374 e. The van der Waals surface area contributed by atoms with E-state index in [1.165, 1.54) is 28.1 Å². The second-order valence-electron chi connectivity index (χ2n) is 11.1. The van der Waals surface area contributed by atoms with Crippen LogP contribution in [0, 0.1) is 12.3 Å². The van der Waals surface area contributed by atoms with Gasteiger partial charge in [0.05, 0.1) is 32.2 Å². The predicted molar refractivity (Wildman–Crippen MR) is 207 cm³/mol. The summed E-state index contributed by atoms with van der Waals surface area (Å²) >= 11 is 5.50. The number of allylic oxidation sites excluding steroid dienone is 12. The normalized spacial score (nSPS) is 13.1. The molecular weight excluding hydrogens is 650 g/mol. The summed E-state index contributed by atoms with van der Waals surface area (Å²) in [5.41, 5.74) is 8.01. The molecule has 0 fully saturated rings. The summed E-state index contributed by atoms with van der Waals surface area (Å²) in [4.78, 5) is 0. The van der Waals surface area contributed by atoms with Gasteiger partial charge in [-0.3, -0.25) is 4.57 Å². The highest BCUT2D eigenvalue weighted by atomic mass is 35.7. The van der Waals surface area contributed by atoms with Crippen LogP contribution in [0.2, 0.25) is 0 Å². The first-order valence-electron chi connectivity index (χ1n) is 16.2. The lowest BCUT2D eigenvalue weighted by atomic mass is 10.1. The Morgan fingerprint density at radius 3 is 1.66 bits per heavy atom. The molecule has 0 aromatic carbocycles. The van der Waals surface area contributed by atoms with Crippen molar-refractivity contribution in [3.8, 4) is 12.3 Å². The van der Waals surface area contributed by atoms with E-state index in [1.54, 1.807) is 26.8 Å². The van der Waals surface area contributed by atoms with Crippen LogP contribution in [0.5, 0.6) is 0 Å². The number of hydrogen-bond acceptors (Lipinski definition) is 6. The van der Waals surface area contributed by atoms with Crippen molar-refractivity contribution >= 4 is 26.6 Å². The van der Waals surface area contributed by atoms with Crippen molar-refractivity contribution in [1.82, 2.24) is 0 Å². The van der Waals surface area contributed by atoms with E-state index in [4.69, 9.17) is 35.8 Å². The number of hydrogen-bond donors (Lipinski definition) is 1. The van der Waals surface area contributed by atoms with Crippen LogP contribution in [0.15, 0.2) is 88.0 Å². The van der Waals surface area contributed by atoms with E-state index < -0.39 is 20.9 Å². The molecule has 0 aromatic rings. The Morgan fingerprint density at radius 1 is 0.830 bits per heavy atom. The molecule has 6 nitrogen and oxygen atoms in total. The lowest BCUT2D eigenvalue weighted by Crippen LogP contribution is -2.16. The van der Waals surface area contributed by atoms with Crippen LogP contribution in [0.1, 0.15) is 109 Å². The van der Waals surface area contributed by atoms with Gasteiger partial charge in [-0.2, -0.15) is 0 Å². The fourth-order valence-corrected chi connectivity index (χ4v) is 5.46. The highest BCUT2D eigenvalue weighted by molar-refractivity contribution is 7.76. The second-order valence-corrected chi connectivity index (χ2v) is 14.7. The van der Waals surface area contributed by atoms with E-state index in [-0.39, 0.29) is 0 Å². The fourth-order valence-electron chi connectivity index (χ4n) is 3.09. The number of halogens is 1. The summed E-state index contributed by atoms with van der Waals surface area (Å²) in [5.74, 6) is 3.71. The fraction of sp³-hybridized carbons (Fsp3) is 0.553. The Kier molecular flexibility index (Phi) is 33.3. The molecule has 0 bridgehead atoms. The van der Waals surface area contributed by atoms with Gasteiger partial charge in [0, 0.05) is 0 Å². The van der Waals surface area contributed by atoms with Gasteiger partial charge in [0.25, 0.3) is 7.73 Å². The number of aliphatic hydroxyl groups is 1. The van der Waals surface area contributed by atoms with Gasteiger partial charge in [0.15, 0.2) is 0 Å². The molecule has 9 heteroatoms. The molecule has 0 saturated carbocycles. The molecule has 1 unspecified atom stereocenters. The van der Waals surface area contributed by atoms with Gasteiger partial charge in [-0.05, 0) is 132 Å². The van der Waals surface area contributed by atoms with Crippen LogP contribution < -0.4 is 0 Å². The SMILES string of the molecule is C#CC(C)(O)/C=C/C=C(\C)CCC=C(C)C.CCOP(=O)(C=C=C(C)/C=C/C=C(\C)CCC=C(C)C)OCC.CCOP(Cl)OCC. The van der Waals surface area contributed by atoms with Crippen molar-refractivity contribution in [3.63, 3.8) is 0 Å². The molecule has 0 aromatic heterocycles. The molecule has 0 rings (SSSR count). The smallest absolute Gasteiger partial charge is 0.361 e. The Labute approximate surface area is 294 Å². The zero-order chi connectivity index (χ0) is 36.7. The van der Waals surface area contributed by atoms with Crippen molar-refractivity contribution in [2.45, 2.75) is 114 Å². The van der Waals surface area contributed by atoms with Crippen molar-refractivity contribution in [2.75, 3.05) is 26.4 Å². The molecule has 0 heterocycles. The van der Waals surface area contributed by atoms with Gasteiger partial charge in [-0.25, -0.2) is 0 Å². The van der Waals surface area contributed by atoms with Crippen molar-refractivity contribution in [3.05, 3.63) is 88.0 Å². The number of terminal acetylenes is 1. The third-order valence-electron chi connectivity index (χ3n) is 5.53. The molecule has 0 aliphatic rings. The van der Waals surface area contributed by atoms with E-state index >= 15 is 0 Å². The maximum absolute atomic E-state index is 12.3. The Balaban J connectivity index is -0.000000695.